The average Bonchev–Trinajstić information content (AvgIpc) is 2.53. The standard InChI is InChI=1S/C15H16FNO3S/c1-19-13-9-7-12(8-10-13)11-17-21(16,18)15-6-4-3-5-14(15)20-2/h3-10H,11H2,1-2H3. The zero-order valence-corrected chi connectivity index (χ0v) is 12.6. The van der Waals surface area contributed by atoms with Gasteiger partial charge in [0.15, 0.2) is 0 Å². The van der Waals surface area contributed by atoms with Crippen molar-refractivity contribution in [2.75, 3.05) is 14.2 Å². The lowest BCUT2D eigenvalue weighted by Crippen LogP contribution is -1.98. The first-order valence-electron chi connectivity index (χ1n) is 6.25. The first-order chi connectivity index (χ1) is 10.1. The Morgan fingerprint density at radius 2 is 1.71 bits per heavy atom. The predicted molar refractivity (Wildman–Crippen MR) is 79.6 cm³/mol. The summed E-state index contributed by atoms with van der Waals surface area (Å²) in [6, 6.07) is 13.2. The number of benzene rings is 2. The summed E-state index contributed by atoms with van der Waals surface area (Å²) >= 11 is 0. The Kier molecular flexibility index (Phi) is 4.80. The summed E-state index contributed by atoms with van der Waals surface area (Å²) in [5, 5.41) is 0. The van der Waals surface area contributed by atoms with Gasteiger partial charge in [0, 0.05) is 0 Å². The van der Waals surface area contributed by atoms with E-state index in [0.29, 0.717) is 5.75 Å². The molecule has 6 heteroatoms. The number of hydrogen-bond donors (Lipinski definition) is 0. The molecule has 0 spiro atoms. The summed E-state index contributed by atoms with van der Waals surface area (Å²) in [5.41, 5.74) is 0.746. The molecule has 0 amide bonds. The fourth-order valence-electron chi connectivity index (χ4n) is 1.78. The molecule has 0 N–H and O–H groups in total. The van der Waals surface area contributed by atoms with Gasteiger partial charge >= 0.3 is 0 Å². The van der Waals surface area contributed by atoms with Crippen molar-refractivity contribution < 1.29 is 17.6 Å². The molecule has 0 fully saturated rings. The molecule has 0 radical (unpaired) electrons. The lowest BCUT2D eigenvalue weighted by Gasteiger charge is -2.07. The Morgan fingerprint density at radius 3 is 2.33 bits per heavy atom. The molecule has 0 aliphatic carbocycles. The molecular formula is C15H16FNO3S. The van der Waals surface area contributed by atoms with Crippen LogP contribution in [0.15, 0.2) is 57.8 Å². The van der Waals surface area contributed by atoms with Crippen molar-refractivity contribution >= 4 is 10.1 Å². The number of halogens is 1. The molecule has 0 saturated heterocycles. The van der Waals surface area contributed by atoms with E-state index in [9.17, 15) is 8.09 Å². The van der Waals surface area contributed by atoms with E-state index in [1.807, 2.05) is 0 Å². The first-order valence-corrected chi connectivity index (χ1v) is 7.67. The summed E-state index contributed by atoms with van der Waals surface area (Å²) < 4.78 is 40.2. The van der Waals surface area contributed by atoms with E-state index in [4.69, 9.17) is 9.47 Å². The van der Waals surface area contributed by atoms with Crippen LogP contribution in [-0.2, 0) is 16.7 Å². The maximum absolute atomic E-state index is 14.4. The summed E-state index contributed by atoms with van der Waals surface area (Å²) in [5.74, 6) is 0.924. The van der Waals surface area contributed by atoms with Gasteiger partial charge < -0.3 is 9.47 Å². The van der Waals surface area contributed by atoms with Gasteiger partial charge in [-0.2, -0.15) is 0 Å². The number of para-hydroxylation sites is 1. The van der Waals surface area contributed by atoms with Crippen LogP contribution in [0.1, 0.15) is 5.56 Å². The molecule has 0 saturated carbocycles. The third kappa shape index (κ3) is 3.72. The van der Waals surface area contributed by atoms with Crippen LogP contribution in [0.25, 0.3) is 0 Å². The third-order valence-corrected chi connectivity index (χ3v) is 4.25. The lowest BCUT2D eigenvalue weighted by atomic mass is 10.2. The molecule has 2 rings (SSSR count). The van der Waals surface area contributed by atoms with E-state index >= 15 is 0 Å². The maximum atomic E-state index is 14.4. The molecule has 2 aromatic carbocycles. The highest BCUT2D eigenvalue weighted by Gasteiger charge is 2.16. The minimum atomic E-state index is -4.00. The molecule has 0 bridgehead atoms. The van der Waals surface area contributed by atoms with Gasteiger partial charge in [-0.25, -0.2) is 8.57 Å². The van der Waals surface area contributed by atoms with Crippen molar-refractivity contribution in [2.24, 2.45) is 4.36 Å². The Labute approximate surface area is 124 Å². The van der Waals surface area contributed by atoms with Crippen molar-refractivity contribution in [3.05, 3.63) is 54.1 Å². The number of nitrogens with zero attached hydrogens (tertiary/aromatic N) is 1. The van der Waals surface area contributed by atoms with Crippen molar-refractivity contribution in [1.29, 1.82) is 0 Å². The van der Waals surface area contributed by atoms with E-state index in [1.165, 1.54) is 13.2 Å². The zero-order chi connectivity index (χ0) is 15.3. The topological polar surface area (TPSA) is 47.9 Å². The molecular weight excluding hydrogens is 293 g/mol. The van der Waals surface area contributed by atoms with Crippen LogP contribution in [0.5, 0.6) is 11.5 Å². The van der Waals surface area contributed by atoms with Crippen molar-refractivity contribution in [3.63, 3.8) is 0 Å². The van der Waals surface area contributed by atoms with Crippen LogP contribution in [0.3, 0.4) is 0 Å². The first kappa shape index (κ1) is 15.3. The number of rotatable bonds is 5. The largest absolute Gasteiger partial charge is 0.497 e. The Bertz CT molecular complexity index is 722. The lowest BCUT2D eigenvalue weighted by molar-refractivity contribution is 0.403. The fourth-order valence-corrected chi connectivity index (χ4v) is 2.88. The van der Waals surface area contributed by atoms with Crippen molar-refractivity contribution in [3.8, 4) is 11.5 Å². The van der Waals surface area contributed by atoms with Gasteiger partial charge in [0.05, 0.1) is 20.8 Å². The Morgan fingerprint density at radius 1 is 1.05 bits per heavy atom. The highest BCUT2D eigenvalue weighted by atomic mass is 32.3. The number of hydrogen-bond acceptors (Lipinski definition) is 4. The molecule has 1 unspecified atom stereocenters. The minimum Gasteiger partial charge on any atom is -0.497 e. The molecule has 4 nitrogen and oxygen atoms in total. The van der Waals surface area contributed by atoms with E-state index in [-0.39, 0.29) is 17.2 Å². The molecule has 0 heterocycles. The van der Waals surface area contributed by atoms with Crippen molar-refractivity contribution in [2.45, 2.75) is 11.4 Å². The summed E-state index contributed by atoms with van der Waals surface area (Å²) in [6.07, 6.45) is 0. The molecule has 0 aromatic heterocycles. The molecule has 21 heavy (non-hydrogen) atoms. The number of ether oxygens (including phenoxy) is 2. The van der Waals surface area contributed by atoms with Crippen LogP contribution in [0.2, 0.25) is 0 Å². The van der Waals surface area contributed by atoms with Gasteiger partial charge in [-0.3, -0.25) is 0 Å². The fraction of sp³-hybridized carbons (Fsp3) is 0.200. The second-order valence-electron chi connectivity index (χ2n) is 4.24. The number of methoxy groups -OCH3 is 2. The van der Waals surface area contributed by atoms with Crippen LogP contribution < -0.4 is 9.47 Å². The van der Waals surface area contributed by atoms with Crippen molar-refractivity contribution in [1.82, 2.24) is 0 Å². The van der Waals surface area contributed by atoms with Crippen LogP contribution in [-0.4, -0.2) is 18.4 Å². The zero-order valence-electron chi connectivity index (χ0n) is 11.8. The molecule has 2 aromatic rings. The summed E-state index contributed by atoms with van der Waals surface area (Å²) in [6.45, 7) is 0.0113. The predicted octanol–water partition coefficient (Wildman–Crippen LogP) is 3.62. The second kappa shape index (κ2) is 6.58. The highest BCUT2D eigenvalue weighted by molar-refractivity contribution is 7.88. The van der Waals surface area contributed by atoms with Crippen LogP contribution >= 0.6 is 0 Å². The maximum Gasteiger partial charge on any atom is 0.234 e. The van der Waals surface area contributed by atoms with E-state index in [2.05, 4.69) is 4.36 Å². The summed E-state index contributed by atoms with van der Waals surface area (Å²) in [4.78, 5) is -0.0407. The molecule has 0 aliphatic rings. The third-order valence-electron chi connectivity index (χ3n) is 2.91. The molecule has 1 atom stereocenters. The minimum absolute atomic E-state index is 0.0113. The van der Waals surface area contributed by atoms with E-state index in [1.54, 1.807) is 49.6 Å². The van der Waals surface area contributed by atoms with Gasteiger partial charge in [0.1, 0.15) is 16.4 Å². The molecule has 112 valence electrons. The smallest absolute Gasteiger partial charge is 0.234 e. The van der Waals surface area contributed by atoms with Gasteiger partial charge in [0.2, 0.25) is 10.1 Å². The monoisotopic (exact) mass is 309 g/mol. The van der Waals surface area contributed by atoms with E-state index < -0.39 is 10.1 Å². The summed E-state index contributed by atoms with van der Waals surface area (Å²) in [7, 11) is -1.03. The molecule has 0 aliphatic heterocycles. The van der Waals surface area contributed by atoms with Gasteiger partial charge in [-0.05, 0) is 29.8 Å². The normalized spacial score (nSPS) is 13.3. The Hall–Kier alpha value is -2.08. The van der Waals surface area contributed by atoms with Gasteiger partial charge in [-0.1, -0.05) is 24.3 Å². The quantitative estimate of drug-likeness (QED) is 0.793. The Balaban J connectivity index is 2.27. The average molecular weight is 309 g/mol. The SMILES string of the molecule is COc1ccc(CN=S(=O)(F)c2ccccc2OC)cc1. The van der Waals surface area contributed by atoms with Crippen LogP contribution in [0, 0.1) is 0 Å². The van der Waals surface area contributed by atoms with Gasteiger partial charge in [-0.15, -0.1) is 3.89 Å². The van der Waals surface area contributed by atoms with E-state index in [0.717, 1.165) is 5.56 Å². The highest BCUT2D eigenvalue weighted by Crippen LogP contribution is 2.27. The second-order valence-corrected chi connectivity index (χ2v) is 5.86. The van der Waals surface area contributed by atoms with Gasteiger partial charge in [0.25, 0.3) is 0 Å². The van der Waals surface area contributed by atoms with Crippen LogP contribution in [0.4, 0.5) is 3.89 Å².